The van der Waals surface area contributed by atoms with Gasteiger partial charge in [0.1, 0.15) is 5.78 Å². The number of carbonyl (C=O) groups is 1. The highest BCUT2D eigenvalue weighted by molar-refractivity contribution is 6.35. The SMILES string of the molecule is CC1CN(Cc2c(Cl)cccc2Cl)CCC1=O. The first kappa shape index (κ1) is 12.9. The van der Waals surface area contributed by atoms with Crippen LogP contribution in [0.15, 0.2) is 18.2 Å². The molecule has 1 aliphatic heterocycles. The third-order valence-electron chi connectivity index (χ3n) is 3.20. The molecule has 1 saturated heterocycles. The normalized spacial score (nSPS) is 21.8. The zero-order chi connectivity index (χ0) is 12.4. The lowest BCUT2D eigenvalue weighted by molar-refractivity contribution is -0.125. The van der Waals surface area contributed by atoms with Gasteiger partial charge in [-0.25, -0.2) is 0 Å². The Morgan fingerprint density at radius 2 is 2.00 bits per heavy atom. The molecule has 0 spiro atoms. The summed E-state index contributed by atoms with van der Waals surface area (Å²) in [7, 11) is 0. The fraction of sp³-hybridized carbons (Fsp3) is 0.462. The van der Waals surface area contributed by atoms with Crippen molar-refractivity contribution < 1.29 is 4.79 Å². The van der Waals surface area contributed by atoms with Crippen LogP contribution in [0.1, 0.15) is 18.9 Å². The van der Waals surface area contributed by atoms with Gasteiger partial charge < -0.3 is 0 Å². The average Bonchev–Trinajstić information content (AvgIpc) is 2.28. The second-order valence-electron chi connectivity index (χ2n) is 4.55. The van der Waals surface area contributed by atoms with Crippen LogP contribution < -0.4 is 0 Å². The molecule has 0 aromatic heterocycles. The van der Waals surface area contributed by atoms with Crippen LogP contribution in [0.4, 0.5) is 0 Å². The van der Waals surface area contributed by atoms with Crippen LogP contribution in [0.5, 0.6) is 0 Å². The highest BCUT2D eigenvalue weighted by Gasteiger charge is 2.24. The highest BCUT2D eigenvalue weighted by atomic mass is 35.5. The number of piperidine rings is 1. The lowest BCUT2D eigenvalue weighted by atomic mass is 9.98. The Labute approximate surface area is 112 Å². The lowest BCUT2D eigenvalue weighted by Gasteiger charge is -2.30. The first-order chi connectivity index (χ1) is 8.08. The summed E-state index contributed by atoms with van der Waals surface area (Å²) in [6, 6.07) is 5.54. The molecule has 0 aliphatic carbocycles. The molecule has 2 nitrogen and oxygen atoms in total. The van der Waals surface area contributed by atoms with E-state index in [2.05, 4.69) is 4.90 Å². The number of benzene rings is 1. The summed E-state index contributed by atoms with van der Waals surface area (Å²) < 4.78 is 0. The highest BCUT2D eigenvalue weighted by Crippen LogP contribution is 2.27. The molecule has 1 aliphatic rings. The monoisotopic (exact) mass is 271 g/mol. The topological polar surface area (TPSA) is 20.3 Å². The van der Waals surface area contributed by atoms with E-state index >= 15 is 0 Å². The molecule has 0 saturated carbocycles. The molecule has 17 heavy (non-hydrogen) atoms. The Kier molecular flexibility index (Phi) is 4.08. The van der Waals surface area contributed by atoms with Crippen LogP contribution in [0.25, 0.3) is 0 Å². The fourth-order valence-corrected chi connectivity index (χ4v) is 2.66. The predicted octanol–water partition coefficient (Wildman–Crippen LogP) is 3.40. The Balaban J connectivity index is 2.09. The van der Waals surface area contributed by atoms with Crippen LogP contribution in [0.3, 0.4) is 0 Å². The molecule has 0 N–H and O–H groups in total. The standard InChI is InChI=1S/C13H15Cl2NO/c1-9-7-16(6-5-13(9)17)8-10-11(14)3-2-4-12(10)15/h2-4,9H,5-8H2,1H3. The molecule has 0 amide bonds. The molecule has 4 heteroatoms. The summed E-state index contributed by atoms with van der Waals surface area (Å²) in [5.41, 5.74) is 0.956. The molecule has 2 rings (SSSR count). The lowest BCUT2D eigenvalue weighted by Crippen LogP contribution is -2.39. The zero-order valence-corrected chi connectivity index (χ0v) is 11.3. The van der Waals surface area contributed by atoms with E-state index in [4.69, 9.17) is 23.2 Å². The Hall–Kier alpha value is -0.570. The van der Waals surface area contributed by atoms with Gasteiger partial charge in [0.15, 0.2) is 0 Å². The van der Waals surface area contributed by atoms with Crippen molar-refractivity contribution in [1.82, 2.24) is 4.90 Å². The fourth-order valence-electron chi connectivity index (χ4n) is 2.15. The van der Waals surface area contributed by atoms with Crippen molar-refractivity contribution in [2.45, 2.75) is 19.9 Å². The number of hydrogen-bond donors (Lipinski definition) is 0. The summed E-state index contributed by atoms with van der Waals surface area (Å²) in [6.07, 6.45) is 0.628. The van der Waals surface area contributed by atoms with Gasteiger partial charge in [-0.05, 0) is 12.1 Å². The number of halogens is 2. The summed E-state index contributed by atoms with van der Waals surface area (Å²) in [4.78, 5) is 13.7. The average molecular weight is 272 g/mol. The van der Waals surface area contributed by atoms with Crippen molar-refractivity contribution in [3.8, 4) is 0 Å². The maximum atomic E-state index is 11.4. The van der Waals surface area contributed by atoms with Gasteiger partial charge in [0.05, 0.1) is 0 Å². The van der Waals surface area contributed by atoms with Crippen LogP contribution >= 0.6 is 23.2 Å². The minimum Gasteiger partial charge on any atom is -0.299 e. The smallest absolute Gasteiger partial charge is 0.138 e. The maximum Gasteiger partial charge on any atom is 0.138 e. The number of Topliss-reactive ketones (excluding diaryl/α,β-unsaturated/α-hetero) is 1. The molecular formula is C13H15Cl2NO. The van der Waals surface area contributed by atoms with Gasteiger partial charge in [-0.2, -0.15) is 0 Å². The van der Waals surface area contributed by atoms with Crippen molar-refractivity contribution in [1.29, 1.82) is 0 Å². The van der Waals surface area contributed by atoms with Gasteiger partial charge in [0.25, 0.3) is 0 Å². The predicted molar refractivity (Wildman–Crippen MR) is 70.5 cm³/mol. The molecule has 1 aromatic carbocycles. The summed E-state index contributed by atoms with van der Waals surface area (Å²) in [5.74, 6) is 0.469. The van der Waals surface area contributed by atoms with E-state index in [0.717, 1.165) is 25.2 Å². The Morgan fingerprint density at radius 3 is 2.59 bits per heavy atom. The van der Waals surface area contributed by atoms with Gasteiger partial charge in [-0.15, -0.1) is 0 Å². The van der Waals surface area contributed by atoms with E-state index < -0.39 is 0 Å². The van der Waals surface area contributed by atoms with E-state index in [9.17, 15) is 4.79 Å². The third kappa shape index (κ3) is 3.01. The third-order valence-corrected chi connectivity index (χ3v) is 3.91. The maximum absolute atomic E-state index is 11.4. The largest absolute Gasteiger partial charge is 0.299 e. The number of likely N-dealkylation sites (tertiary alicyclic amines) is 1. The van der Waals surface area contributed by atoms with E-state index in [0.29, 0.717) is 22.2 Å². The van der Waals surface area contributed by atoms with Crippen LogP contribution in [0.2, 0.25) is 10.0 Å². The summed E-state index contributed by atoms with van der Waals surface area (Å²) in [5, 5.41) is 1.39. The molecule has 92 valence electrons. The van der Waals surface area contributed by atoms with Crippen molar-refractivity contribution in [3.05, 3.63) is 33.8 Å². The number of ketones is 1. The molecule has 1 atom stereocenters. The van der Waals surface area contributed by atoms with E-state index in [1.54, 1.807) is 0 Å². The van der Waals surface area contributed by atoms with Crippen molar-refractivity contribution in [2.75, 3.05) is 13.1 Å². The van der Waals surface area contributed by atoms with Crippen molar-refractivity contribution in [3.63, 3.8) is 0 Å². The van der Waals surface area contributed by atoms with Crippen LogP contribution in [-0.2, 0) is 11.3 Å². The van der Waals surface area contributed by atoms with Gasteiger partial charge in [-0.3, -0.25) is 9.69 Å². The summed E-state index contributed by atoms with van der Waals surface area (Å²) >= 11 is 12.3. The number of hydrogen-bond acceptors (Lipinski definition) is 2. The minimum atomic E-state index is 0.116. The van der Waals surface area contributed by atoms with Crippen molar-refractivity contribution in [2.24, 2.45) is 5.92 Å². The molecule has 1 unspecified atom stereocenters. The Morgan fingerprint density at radius 1 is 1.35 bits per heavy atom. The van der Waals surface area contributed by atoms with Crippen LogP contribution in [-0.4, -0.2) is 23.8 Å². The number of carbonyl (C=O) groups excluding carboxylic acids is 1. The van der Waals surface area contributed by atoms with Gasteiger partial charge in [0, 0.05) is 47.6 Å². The van der Waals surface area contributed by atoms with Crippen LogP contribution in [0, 0.1) is 5.92 Å². The zero-order valence-electron chi connectivity index (χ0n) is 9.75. The van der Waals surface area contributed by atoms with Gasteiger partial charge in [-0.1, -0.05) is 36.2 Å². The molecule has 0 bridgehead atoms. The minimum absolute atomic E-state index is 0.116. The number of rotatable bonds is 2. The molecule has 0 radical (unpaired) electrons. The number of nitrogens with zero attached hydrogens (tertiary/aromatic N) is 1. The molecule has 1 fully saturated rings. The van der Waals surface area contributed by atoms with Gasteiger partial charge >= 0.3 is 0 Å². The second kappa shape index (κ2) is 5.38. The first-order valence-electron chi connectivity index (χ1n) is 5.76. The molecular weight excluding hydrogens is 257 g/mol. The van der Waals surface area contributed by atoms with Crippen molar-refractivity contribution >= 4 is 29.0 Å². The van der Waals surface area contributed by atoms with E-state index in [-0.39, 0.29) is 5.92 Å². The first-order valence-corrected chi connectivity index (χ1v) is 6.51. The van der Waals surface area contributed by atoms with E-state index in [1.807, 2.05) is 25.1 Å². The molecule has 1 heterocycles. The Bertz CT molecular complexity index is 413. The quantitative estimate of drug-likeness (QED) is 0.822. The summed E-state index contributed by atoms with van der Waals surface area (Å²) in [6.45, 7) is 4.28. The van der Waals surface area contributed by atoms with Gasteiger partial charge in [0.2, 0.25) is 0 Å². The molecule has 1 aromatic rings. The second-order valence-corrected chi connectivity index (χ2v) is 5.37. The van der Waals surface area contributed by atoms with E-state index in [1.165, 1.54) is 0 Å².